The summed E-state index contributed by atoms with van der Waals surface area (Å²) in [6.45, 7) is 3.86. The highest BCUT2D eigenvalue weighted by Crippen LogP contribution is 2.31. The van der Waals surface area contributed by atoms with Crippen LogP contribution in [0.2, 0.25) is 5.02 Å². The average molecular weight is 382 g/mol. The number of fused-ring (bicyclic) bond motifs is 1. The highest BCUT2D eigenvalue weighted by molar-refractivity contribution is 6.30. The summed E-state index contributed by atoms with van der Waals surface area (Å²) in [7, 11) is 1.71. The topological polar surface area (TPSA) is 39.1 Å². The molecule has 0 saturated heterocycles. The van der Waals surface area contributed by atoms with Crippen molar-refractivity contribution in [2.45, 2.75) is 32.4 Å². The second kappa shape index (κ2) is 7.75. The van der Waals surface area contributed by atoms with Crippen LogP contribution in [0.4, 0.5) is 0 Å². The molecule has 5 heteroatoms. The molecule has 3 aromatic rings. The lowest BCUT2D eigenvalue weighted by Crippen LogP contribution is -2.27. The van der Waals surface area contributed by atoms with E-state index in [1.165, 1.54) is 17.0 Å². The van der Waals surface area contributed by atoms with E-state index in [1.807, 2.05) is 30.3 Å². The van der Waals surface area contributed by atoms with E-state index in [0.717, 1.165) is 41.3 Å². The van der Waals surface area contributed by atoms with Crippen LogP contribution >= 0.6 is 11.6 Å². The number of hydrogen-bond acceptors (Lipinski definition) is 3. The third-order valence-electron chi connectivity index (χ3n) is 5.13. The Balaban J connectivity index is 1.83. The minimum atomic E-state index is 0.430. The second-order valence-electron chi connectivity index (χ2n) is 7.06. The standard InChI is InChI=1S/C22H24ClN3O/c1-15-13-20-19(11-12-24-15)22(16-7-9-18(23)10-8-16)26(25-20)14-17-5-3-4-6-21(17)27-2/h3-10,15,24H,11-14H2,1-2H3/t15-/m1/s1. The van der Waals surface area contributed by atoms with Crippen LogP contribution in [-0.4, -0.2) is 29.5 Å². The Bertz CT molecular complexity index is 933. The molecule has 2 aromatic carbocycles. The molecule has 140 valence electrons. The first-order valence-electron chi connectivity index (χ1n) is 9.35. The van der Waals surface area contributed by atoms with Crippen LogP contribution in [0.3, 0.4) is 0 Å². The van der Waals surface area contributed by atoms with E-state index in [2.05, 4.69) is 35.1 Å². The lowest BCUT2D eigenvalue weighted by Gasteiger charge is -2.13. The predicted octanol–water partition coefficient (Wildman–Crippen LogP) is 4.34. The van der Waals surface area contributed by atoms with Crippen molar-refractivity contribution in [2.75, 3.05) is 13.7 Å². The van der Waals surface area contributed by atoms with Crippen molar-refractivity contribution in [1.29, 1.82) is 0 Å². The fourth-order valence-corrected chi connectivity index (χ4v) is 3.95. The second-order valence-corrected chi connectivity index (χ2v) is 7.50. The molecule has 1 aliphatic heterocycles. The van der Waals surface area contributed by atoms with Gasteiger partial charge in [-0.2, -0.15) is 5.10 Å². The van der Waals surface area contributed by atoms with Gasteiger partial charge in [-0.3, -0.25) is 4.68 Å². The van der Waals surface area contributed by atoms with Gasteiger partial charge in [0.05, 0.1) is 25.0 Å². The number of ether oxygens (including phenoxy) is 1. The van der Waals surface area contributed by atoms with Gasteiger partial charge < -0.3 is 10.1 Å². The number of aromatic nitrogens is 2. The Kier molecular flexibility index (Phi) is 5.19. The summed E-state index contributed by atoms with van der Waals surface area (Å²) in [5.41, 5.74) is 5.98. The highest BCUT2D eigenvalue weighted by atomic mass is 35.5. The quantitative estimate of drug-likeness (QED) is 0.730. The zero-order chi connectivity index (χ0) is 18.8. The number of rotatable bonds is 4. The Morgan fingerprint density at radius 2 is 1.96 bits per heavy atom. The van der Waals surface area contributed by atoms with Crippen molar-refractivity contribution in [3.8, 4) is 17.0 Å². The van der Waals surface area contributed by atoms with E-state index in [4.69, 9.17) is 21.4 Å². The highest BCUT2D eigenvalue weighted by Gasteiger charge is 2.23. The summed E-state index contributed by atoms with van der Waals surface area (Å²) >= 11 is 6.12. The molecule has 0 unspecified atom stereocenters. The van der Waals surface area contributed by atoms with E-state index < -0.39 is 0 Å². The molecule has 1 aliphatic rings. The maximum atomic E-state index is 6.12. The molecule has 0 bridgehead atoms. The van der Waals surface area contributed by atoms with Crippen molar-refractivity contribution in [3.63, 3.8) is 0 Å². The fraction of sp³-hybridized carbons (Fsp3) is 0.318. The molecular formula is C22H24ClN3O. The van der Waals surface area contributed by atoms with Crippen LogP contribution in [0.5, 0.6) is 5.75 Å². The first kappa shape index (κ1) is 18.1. The summed E-state index contributed by atoms with van der Waals surface area (Å²) in [5, 5.41) is 9.33. The molecule has 4 nitrogen and oxygen atoms in total. The molecule has 0 aliphatic carbocycles. The predicted molar refractivity (Wildman–Crippen MR) is 110 cm³/mol. The van der Waals surface area contributed by atoms with Gasteiger partial charge in [-0.25, -0.2) is 0 Å². The summed E-state index contributed by atoms with van der Waals surface area (Å²) in [6, 6.07) is 16.6. The lowest BCUT2D eigenvalue weighted by atomic mass is 10.0. The zero-order valence-electron chi connectivity index (χ0n) is 15.7. The van der Waals surface area contributed by atoms with E-state index in [0.29, 0.717) is 12.6 Å². The van der Waals surface area contributed by atoms with Crippen molar-refractivity contribution in [1.82, 2.24) is 15.1 Å². The molecule has 1 atom stereocenters. The SMILES string of the molecule is COc1ccccc1Cn1nc2c(c1-c1ccc(Cl)cc1)CCN[C@H](C)C2. The fourth-order valence-electron chi connectivity index (χ4n) is 3.82. The van der Waals surface area contributed by atoms with Crippen LogP contribution in [0.15, 0.2) is 48.5 Å². The molecule has 1 N–H and O–H groups in total. The first-order valence-corrected chi connectivity index (χ1v) is 9.73. The van der Waals surface area contributed by atoms with Gasteiger partial charge in [0.15, 0.2) is 0 Å². The molecule has 1 aromatic heterocycles. The average Bonchev–Trinajstić information content (AvgIpc) is 2.88. The van der Waals surface area contributed by atoms with Gasteiger partial charge in [0.2, 0.25) is 0 Å². The van der Waals surface area contributed by atoms with Crippen molar-refractivity contribution in [3.05, 3.63) is 70.4 Å². The summed E-state index contributed by atoms with van der Waals surface area (Å²) in [5.74, 6) is 0.889. The van der Waals surface area contributed by atoms with Gasteiger partial charge in [-0.1, -0.05) is 41.9 Å². The summed E-state index contributed by atoms with van der Waals surface area (Å²) in [4.78, 5) is 0. The van der Waals surface area contributed by atoms with E-state index in [1.54, 1.807) is 7.11 Å². The molecule has 27 heavy (non-hydrogen) atoms. The number of benzene rings is 2. The van der Waals surface area contributed by atoms with Crippen LogP contribution in [0, 0.1) is 0 Å². The molecule has 0 fully saturated rings. The third-order valence-corrected chi connectivity index (χ3v) is 5.38. The maximum absolute atomic E-state index is 6.12. The number of methoxy groups -OCH3 is 1. The summed E-state index contributed by atoms with van der Waals surface area (Å²) in [6.07, 6.45) is 1.92. The number of halogens is 1. The number of nitrogens with zero attached hydrogens (tertiary/aromatic N) is 2. The van der Waals surface area contributed by atoms with Gasteiger partial charge >= 0.3 is 0 Å². The van der Waals surface area contributed by atoms with E-state index in [-0.39, 0.29) is 0 Å². The third kappa shape index (κ3) is 3.73. The van der Waals surface area contributed by atoms with Crippen LogP contribution in [-0.2, 0) is 19.4 Å². The molecule has 4 rings (SSSR count). The minimum Gasteiger partial charge on any atom is -0.496 e. The van der Waals surface area contributed by atoms with Crippen molar-refractivity contribution in [2.24, 2.45) is 0 Å². The maximum Gasteiger partial charge on any atom is 0.123 e. The number of nitrogens with one attached hydrogen (secondary N) is 1. The molecule has 0 saturated carbocycles. The minimum absolute atomic E-state index is 0.430. The zero-order valence-corrected chi connectivity index (χ0v) is 16.5. The van der Waals surface area contributed by atoms with E-state index >= 15 is 0 Å². The van der Waals surface area contributed by atoms with Gasteiger partial charge in [0.25, 0.3) is 0 Å². The van der Waals surface area contributed by atoms with E-state index in [9.17, 15) is 0 Å². The molecule has 0 radical (unpaired) electrons. The van der Waals surface area contributed by atoms with Gasteiger partial charge in [-0.15, -0.1) is 0 Å². The van der Waals surface area contributed by atoms with Crippen molar-refractivity contribution < 1.29 is 4.74 Å². The molecule has 0 spiro atoms. The van der Waals surface area contributed by atoms with Gasteiger partial charge in [-0.05, 0) is 38.1 Å². The smallest absolute Gasteiger partial charge is 0.123 e. The Morgan fingerprint density at radius 3 is 2.74 bits per heavy atom. The van der Waals surface area contributed by atoms with Crippen LogP contribution in [0.1, 0.15) is 23.7 Å². The largest absolute Gasteiger partial charge is 0.496 e. The Morgan fingerprint density at radius 1 is 1.19 bits per heavy atom. The summed E-state index contributed by atoms with van der Waals surface area (Å²) < 4.78 is 7.68. The van der Waals surface area contributed by atoms with Crippen LogP contribution < -0.4 is 10.1 Å². The molecule has 0 amide bonds. The Labute approximate surface area is 165 Å². The number of hydrogen-bond donors (Lipinski definition) is 1. The lowest BCUT2D eigenvalue weighted by molar-refractivity contribution is 0.407. The van der Waals surface area contributed by atoms with Crippen molar-refractivity contribution >= 4 is 11.6 Å². The molecule has 2 heterocycles. The van der Waals surface area contributed by atoms with Gasteiger partial charge in [0.1, 0.15) is 5.75 Å². The normalized spacial score (nSPS) is 16.6. The monoisotopic (exact) mass is 381 g/mol. The number of para-hydroxylation sites is 1. The van der Waals surface area contributed by atoms with Crippen LogP contribution in [0.25, 0.3) is 11.3 Å². The first-order chi connectivity index (χ1) is 13.2. The Hall–Kier alpha value is -2.30. The van der Waals surface area contributed by atoms with Gasteiger partial charge in [0, 0.05) is 34.2 Å². The molecular weight excluding hydrogens is 358 g/mol.